The Bertz CT molecular complexity index is 451. The van der Waals surface area contributed by atoms with Crippen LogP contribution in [0.3, 0.4) is 0 Å². The molecule has 0 saturated carbocycles. The molecule has 0 spiro atoms. The Hall–Kier alpha value is -1.34. The average molecular weight is 240 g/mol. The molecule has 2 aromatic heterocycles. The quantitative estimate of drug-likeness (QED) is 0.860. The maximum atomic E-state index is 10.8. The minimum Gasteiger partial charge on any atom is -0.339 e. The first-order valence-corrected chi connectivity index (χ1v) is 5.78. The lowest BCUT2D eigenvalue weighted by Crippen LogP contribution is -2.04. The molecule has 0 radical (unpaired) electrons. The van der Waals surface area contributed by atoms with Gasteiger partial charge in [0.1, 0.15) is 0 Å². The number of aromatic amines is 1. The van der Waals surface area contributed by atoms with Gasteiger partial charge in [-0.2, -0.15) is 0 Å². The third-order valence-corrected chi connectivity index (χ3v) is 3.37. The van der Waals surface area contributed by atoms with E-state index in [-0.39, 0.29) is 5.91 Å². The predicted octanol–water partition coefficient (Wildman–Crippen LogP) is 1.98. The van der Waals surface area contributed by atoms with Gasteiger partial charge in [-0.15, -0.1) is 0 Å². The molecule has 0 aromatic carbocycles. The van der Waals surface area contributed by atoms with Crippen LogP contribution in [0.4, 0.5) is 5.13 Å². The van der Waals surface area contributed by atoms with Crippen LogP contribution in [0.2, 0.25) is 0 Å². The Morgan fingerprint density at radius 3 is 3.13 bits per heavy atom. The summed E-state index contributed by atoms with van der Waals surface area (Å²) in [4.78, 5) is 21.9. The van der Waals surface area contributed by atoms with Gasteiger partial charge in [-0.25, -0.2) is 9.97 Å². The van der Waals surface area contributed by atoms with Crippen LogP contribution in [0.15, 0.2) is 28.0 Å². The van der Waals surface area contributed by atoms with Crippen molar-refractivity contribution in [2.24, 2.45) is 0 Å². The highest BCUT2D eigenvalue weighted by molar-refractivity contribution is 8.01. The zero-order chi connectivity index (χ0) is 10.7. The van der Waals surface area contributed by atoms with Gasteiger partial charge in [0.15, 0.2) is 10.3 Å². The van der Waals surface area contributed by atoms with Crippen LogP contribution in [0, 0.1) is 0 Å². The number of rotatable bonds is 3. The van der Waals surface area contributed by atoms with E-state index < -0.39 is 0 Å². The van der Waals surface area contributed by atoms with Gasteiger partial charge in [0.25, 0.3) is 0 Å². The summed E-state index contributed by atoms with van der Waals surface area (Å²) in [6.45, 7) is 1.46. The Morgan fingerprint density at radius 2 is 2.47 bits per heavy atom. The van der Waals surface area contributed by atoms with Crippen molar-refractivity contribution in [2.45, 2.75) is 16.3 Å². The number of amides is 1. The van der Waals surface area contributed by atoms with Crippen molar-refractivity contribution in [3.05, 3.63) is 18.6 Å². The first-order chi connectivity index (χ1) is 7.24. The summed E-state index contributed by atoms with van der Waals surface area (Å²) in [7, 11) is 0. The number of anilines is 1. The van der Waals surface area contributed by atoms with Crippen molar-refractivity contribution in [1.29, 1.82) is 0 Å². The minimum absolute atomic E-state index is 0.112. The van der Waals surface area contributed by atoms with Crippen LogP contribution < -0.4 is 5.32 Å². The highest BCUT2D eigenvalue weighted by atomic mass is 32.2. The molecule has 2 rings (SSSR count). The molecule has 0 aliphatic carbocycles. The Morgan fingerprint density at radius 1 is 1.60 bits per heavy atom. The fourth-order valence-electron chi connectivity index (χ4n) is 0.917. The lowest BCUT2D eigenvalue weighted by Gasteiger charge is -1.92. The number of H-pyrrole nitrogens is 1. The van der Waals surface area contributed by atoms with Gasteiger partial charge in [-0.05, 0) is 11.8 Å². The molecule has 0 saturated heterocycles. The van der Waals surface area contributed by atoms with Gasteiger partial charge in [-0.1, -0.05) is 11.3 Å². The number of thiazole rings is 1. The second-order valence-corrected chi connectivity index (χ2v) is 4.98. The first-order valence-electron chi connectivity index (χ1n) is 4.14. The molecule has 2 heterocycles. The zero-order valence-corrected chi connectivity index (χ0v) is 9.48. The Labute approximate surface area is 94.3 Å². The molecule has 78 valence electrons. The van der Waals surface area contributed by atoms with E-state index in [1.807, 2.05) is 0 Å². The van der Waals surface area contributed by atoms with Gasteiger partial charge in [0.2, 0.25) is 5.91 Å². The van der Waals surface area contributed by atoms with E-state index in [2.05, 4.69) is 20.3 Å². The van der Waals surface area contributed by atoms with E-state index in [1.54, 1.807) is 18.6 Å². The summed E-state index contributed by atoms with van der Waals surface area (Å²) < 4.78 is 0.980. The second-order valence-electron chi connectivity index (χ2n) is 2.66. The Kier molecular flexibility index (Phi) is 3.02. The largest absolute Gasteiger partial charge is 0.339 e. The zero-order valence-electron chi connectivity index (χ0n) is 7.85. The van der Waals surface area contributed by atoms with Crippen molar-refractivity contribution in [3.63, 3.8) is 0 Å². The number of carbonyl (C=O) groups is 1. The van der Waals surface area contributed by atoms with Crippen LogP contribution in [0.25, 0.3) is 0 Å². The van der Waals surface area contributed by atoms with Crippen LogP contribution in [0.1, 0.15) is 6.92 Å². The van der Waals surface area contributed by atoms with Crippen LogP contribution in [-0.4, -0.2) is 20.9 Å². The summed E-state index contributed by atoms with van der Waals surface area (Å²) in [6.07, 6.45) is 5.17. The third kappa shape index (κ3) is 2.80. The summed E-state index contributed by atoms with van der Waals surface area (Å²) in [5.41, 5.74) is 0. The SMILES string of the molecule is CC(=O)Nc1ncc(Sc2ncc[nH]2)s1. The summed E-state index contributed by atoms with van der Waals surface area (Å²) in [5, 5.41) is 4.05. The van der Waals surface area contributed by atoms with Crippen LogP contribution in [-0.2, 0) is 4.79 Å². The number of imidazole rings is 1. The van der Waals surface area contributed by atoms with E-state index in [1.165, 1.54) is 30.0 Å². The maximum Gasteiger partial charge on any atom is 0.223 e. The van der Waals surface area contributed by atoms with E-state index in [9.17, 15) is 4.79 Å². The molecule has 2 N–H and O–H groups in total. The van der Waals surface area contributed by atoms with Gasteiger partial charge < -0.3 is 10.3 Å². The second kappa shape index (κ2) is 4.45. The molecule has 0 atom stereocenters. The first kappa shape index (κ1) is 10.2. The highest BCUT2D eigenvalue weighted by Crippen LogP contribution is 2.31. The van der Waals surface area contributed by atoms with Gasteiger partial charge >= 0.3 is 0 Å². The van der Waals surface area contributed by atoms with Gasteiger partial charge in [0.05, 0.1) is 10.4 Å². The number of nitrogens with one attached hydrogen (secondary N) is 2. The van der Waals surface area contributed by atoms with Gasteiger partial charge in [-0.3, -0.25) is 4.79 Å². The van der Waals surface area contributed by atoms with Gasteiger partial charge in [0, 0.05) is 19.3 Å². The smallest absolute Gasteiger partial charge is 0.223 e. The molecule has 2 aromatic rings. The molecular formula is C8H8N4OS2. The number of hydrogen-bond donors (Lipinski definition) is 2. The molecule has 15 heavy (non-hydrogen) atoms. The molecule has 0 aliphatic heterocycles. The number of nitrogens with zero attached hydrogens (tertiary/aromatic N) is 2. The monoisotopic (exact) mass is 240 g/mol. The van der Waals surface area contributed by atoms with Crippen molar-refractivity contribution >= 4 is 34.1 Å². The fourth-order valence-corrected chi connectivity index (χ4v) is 2.69. The van der Waals surface area contributed by atoms with Crippen molar-refractivity contribution in [3.8, 4) is 0 Å². The van der Waals surface area contributed by atoms with E-state index >= 15 is 0 Å². The lowest BCUT2D eigenvalue weighted by atomic mass is 10.7. The standard InChI is InChI=1S/C8H8N4OS2/c1-5(13)12-8-11-4-6(15-8)14-7-9-2-3-10-7/h2-4H,1H3,(H,9,10)(H,11,12,13). The minimum atomic E-state index is -0.112. The molecule has 0 fully saturated rings. The molecule has 0 aliphatic rings. The van der Waals surface area contributed by atoms with Crippen molar-refractivity contribution in [2.75, 3.05) is 5.32 Å². The average Bonchev–Trinajstić information content (AvgIpc) is 2.77. The summed E-state index contributed by atoms with van der Waals surface area (Å²) in [6, 6.07) is 0. The van der Waals surface area contributed by atoms with Crippen LogP contribution >= 0.6 is 23.1 Å². The molecule has 7 heteroatoms. The molecular weight excluding hydrogens is 232 g/mol. The summed E-state index contributed by atoms with van der Waals surface area (Å²) >= 11 is 2.90. The number of carbonyl (C=O) groups excluding carboxylic acids is 1. The Balaban J connectivity index is 2.04. The van der Waals surface area contributed by atoms with Crippen LogP contribution in [0.5, 0.6) is 0 Å². The number of aromatic nitrogens is 3. The third-order valence-electron chi connectivity index (χ3n) is 1.44. The summed E-state index contributed by atoms with van der Waals surface area (Å²) in [5.74, 6) is -0.112. The van der Waals surface area contributed by atoms with E-state index in [0.717, 1.165) is 9.37 Å². The number of hydrogen-bond acceptors (Lipinski definition) is 5. The topological polar surface area (TPSA) is 70.7 Å². The van der Waals surface area contributed by atoms with E-state index in [4.69, 9.17) is 0 Å². The molecule has 1 amide bonds. The molecule has 0 unspecified atom stereocenters. The molecule has 5 nitrogen and oxygen atoms in total. The normalized spacial score (nSPS) is 10.2. The van der Waals surface area contributed by atoms with Crippen molar-refractivity contribution in [1.82, 2.24) is 15.0 Å². The molecule has 0 bridgehead atoms. The predicted molar refractivity (Wildman–Crippen MR) is 59.1 cm³/mol. The lowest BCUT2D eigenvalue weighted by molar-refractivity contribution is -0.114. The van der Waals surface area contributed by atoms with Crippen molar-refractivity contribution < 1.29 is 4.79 Å². The van der Waals surface area contributed by atoms with E-state index in [0.29, 0.717) is 5.13 Å². The highest BCUT2D eigenvalue weighted by Gasteiger charge is 2.05. The maximum absolute atomic E-state index is 10.8. The fraction of sp³-hybridized carbons (Fsp3) is 0.125.